The molecule has 0 heterocycles. The minimum Gasteiger partial charge on any atom is -0.446 e. The molecule has 0 bridgehead atoms. The van der Waals surface area contributed by atoms with Crippen molar-refractivity contribution in [3.63, 3.8) is 0 Å². The molecule has 0 aromatic heterocycles. The van der Waals surface area contributed by atoms with Crippen LogP contribution in [0.1, 0.15) is 68.9 Å². The Morgan fingerprint density at radius 3 is 2.34 bits per heavy atom. The Morgan fingerprint density at radius 2 is 1.69 bits per heavy atom. The lowest BCUT2D eigenvalue weighted by molar-refractivity contribution is 0.303. The van der Waals surface area contributed by atoms with Crippen LogP contribution < -0.4 is 4.74 Å². The molecule has 1 saturated carbocycles. The maximum absolute atomic E-state index is 6.10. The Balaban J connectivity index is 1.37. The molecular formula is C25H29Cl3O. The molecule has 1 aliphatic rings. The van der Waals surface area contributed by atoms with Gasteiger partial charge in [-0.2, -0.15) is 0 Å². The van der Waals surface area contributed by atoms with E-state index in [1.165, 1.54) is 56.1 Å². The zero-order valence-electron chi connectivity index (χ0n) is 17.0. The zero-order chi connectivity index (χ0) is 20.6. The minimum absolute atomic E-state index is 0.414. The van der Waals surface area contributed by atoms with Crippen molar-refractivity contribution >= 4 is 34.8 Å². The minimum atomic E-state index is 0.414. The van der Waals surface area contributed by atoms with Gasteiger partial charge in [0.2, 0.25) is 0 Å². The van der Waals surface area contributed by atoms with Crippen LogP contribution in [0.15, 0.2) is 53.8 Å². The van der Waals surface area contributed by atoms with E-state index in [9.17, 15) is 0 Å². The van der Waals surface area contributed by atoms with E-state index in [-0.39, 0.29) is 0 Å². The van der Waals surface area contributed by atoms with E-state index in [4.69, 9.17) is 39.5 Å². The Bertz CT molecular complexity index is 805. The summed E-state index contributed by atoms with van der Waals surface area (Å²) < 4.78 is 5.53. The van der Waals surface area contributed by atoms with Gasteiger partial charge < -0.3 is 4.74 Å². The van der Waals surface area contributed by atoms with Crippen molar-refractivity contribution in [1.29, 1.82) is 0 Å². The molecule has 4 heteroatoms. The highest BCUT2D eigenvalue weighted by atomic mass is 35.5. The average Bonchev–Trinajstić information content (AvgIpc) is 2.74. The number of halogens is 3. The zero-order valence-corrected chi connectivity index (χ0v) is 19.2. The summed E-state index contributed by atoms with van der Waals surface area (Å²) in [6, 6.07) is 14.4. The van der Waals surface area contributed by atoms with Gasteiger partial charge >= 0.3 is 0 Å². The number of hydrogen-bond acceptors (Lipinski definition) is 1. The monoisotopic (exact) mass is 450 g/mol. The first-order chi connectivity index (χ1) is 14.0. The van der Waals surface area contributed by atoms with Gasteiger partial charge in [0.15, 0.2) is 5.22 Å². The number of allylic oxidation sites excluding steroid dienone is 1. The molecule has 0 saturated heterocycles. The lowest BCUT2D eigenvalue weighted by atomic mass is 9.77. The smallest absolute Gasteiger partial charge is 0.189 e. The molecular weight excluding hydrogens is 423 g/mol. The Labute approximate surface area is 190 Å². The SMILES string of the molecule is C/C=C(/Cl)Oc1ccc(C2CCC(CCCCc3ccc(Cl)c(Cl)c3)CC2)cc1. The van der Waals surface area contributed by atoms with Gasteiger partial charge in [0.1, 0.15) is 5.75 Å². The summed E-state index contributed by atoms with van der Waals surface area (Å²) in [5.41, 5.74) is 2.71. The standard InChI is InChI=1S/C25H29Cl3O/c1-2-25(28)29-22-14-12-21(13-15-22)20-10-7-18(8-11-20)5-3-4-6-19-9-16-23(26)24(27)17-19/h2,9,12-18,20H,3-8,10-11H2,1H3/b25-2-. The largest absolute Gasteiger partial charge is 0.446 e. The lowest BCUT2D eigenvalue weighted by Gasteiger charge is -2.29. The fraction of sp³-hybridized carbons (Fsp3) is 0.440. The van der Waals surface area contributed by atoms with Crippen molar-refractivity contribution in [3.05, 3.63) is 74.9 Å². The summed E-state index contributed by atoms with van der Waals surface area (Å²) in [6.07, 6.45) is 11.9. The van der Waals surface area contributed by atoms with E-state index < -0.39 is 0 Å². The van der Waals surface area contributed by atoms with Crippen molar-refractivity contribution < 1.29 is 4.74 Å². The third kappa shape index (κ3) is 6.95. The lowest BCUT2D eigenvalue weighted by Crippen LogP contribution is -2.13. The van der Waals surface area contributed by atoms with Gasteiger partial charge in [0, 0.05) is 0 Å². The molecule has 0 N–H and O–H groups in total. The summed E-state index contributed by atoms with van der Waals surface area (Å²) in [6.45, 7) is 1.86. The molecule has 0 unspecified atom stereocenters. The van der Waals surface area contributed by atoms with E-state index in [0.717, 1.165) is 18.1 Å². The van der Waals surface area contributed by atoms with Crippen molar-refractivity contribution in [3.8, 4) is 5.75 Å². The first-order valence-corrected chi connectivity index (χ1v) is 11.7. The molecule has 0 spiro atoms. The Kier molecular flexibility index (Phi) is 8.78. The third-order valence-corrected chi connectivity index (χ3v) is 6.99. The molecule has 1 aliphatic carbocycles. The number of benzene rings is 2. The van der Waals surface area contributed by atoms with Gasteiger partial charge in [-0.15, -0.1) is 0 Å². The molecule has 1 nitrogen and oxygen atoms in total. The molecule has 0 amide bonds. The summed E-state index contributed by atoms with van der Waals surface area (Å²) in [5, 5.41) is 1.71. The third-order valence-electron chi connectivity index (χ3n) is 5.95. The summed E-state index contributed by atoms with van der Waals surface area (Å²) >= 11 is 18.0. The van der Waals surface area contributed by atoms with Gasteiger partial charge in [0.05, 0.1) is 10.0 Å². The summed E-state index contributed by atoms with van der Waals surface area (Å²) in [7, 11) is 0. The number of unbranched alkanes of at least 4 members (excludes halogenated alkanes) is 1. The van der Waals surface area contributed by atoms with E-state index >= 15 is 0 Å². The predicted molar refractivity (Wildman–Crippen MR) is 125 cm³/mol. The normalized spacial score (nSPS) is 19.9. The molecule has 3 rings (SSSR count). The number of ether oxygens (including phenoxy) is 1. The van der Waals surface area contributed by atoms with Crippen LogP contribution in [0.2, 0.25) is 10.0 Å². The van der Waals surface area contributed by atoms with Crippen LogP contribution in [-0.4, -0.2) is 0 Å². The molecule has 0 atom stereocenters. The van der Waals surface area contributed by atoms with Crippen LogP contribution in [0.3, 0.4) is 0 Å². The number of aryl methyl sites for hydroxylation is 1. The molecule has 156 valence electrons. The van der Waals surface area contributed by atoms with E-state index in [1.54, 1.807) is 6.08 Å². The van der Waals surface area contributed by atoms with Gasteiger partial charge in [-0.05, 0) is 110 Å². The van der Waals surface area contributed by atoms with Crippen molar-refractivity contribution in [2.45, 2.75) is 64.2 Å². The van der Waals surface area contributed by atoms with E-state index in [0.29, 0.717) is 21.2 Å². The summed E-state index contributed by atoms with van der Waals surface area (Å²) in [4.78, 5) is 0. The quantitative estimate of drug-likeness (QED) is 0.287. The van der Waals surface area contributed by atoms with Crippen molar-refractivity contribution in [2.24, 2.45) is 5.92 Å². The number of hydrogen-bond donors (Lipinski definition) is 0. The van der Waals surface area contributed by atoms with Crippen LogP contribution in [0.4, 0.5) is 0 Å². The van der Waals surface area contributed by atoms with Gasteiger partial charge in [0.25, 0.3) is 0 Å². The highest BCUT2D eigenvalue weighted by molar-refractivity contribution is 6.42. The predicted octanol–water partition coefficient (Wildman–Crippen LogP) is 9.16. The molecule has 2 aromatic rings. The highest BCUT2D eigenvalue weighted by Crippen LogP contribution is 2.38. The second-order valence-corrected chi connectivity index (χ2v) is 9.16. The first-order valence-electron chi connectivity index (χ1n) is 10.6. The Morgan fingerprint density at radius 1 is 0.966 bits per heavy atom. The van der Waals surface area contributed by atoms with E-state index in [2.05, 4.69) is 18.2 Å². The molecule has 29 heavy (non-hydrogen) atoms. The van der Waals surface area contributed by atoms with E-state index in [1.807, 2.05) is 31.2 Å². The highest BCUT2D eigenvalue weighted by Gasteiger charge is 2.22. The number of rotatable bonds is 8. The fourth-order valence-electron chi connectivity index (χ4n) is 4.22. The van der Waals surface area contributed by atoms with Crippen LogP contribution in [0.5, 0.6) is 5.75 Å². The summed E-state index contributed by atoms with van der Waals surface area (Å²) in [5.74, 6) is 2.34. The Hall–Kier alpha value is -1.15. The van der Waals surface area contributed by atoms with Crippen LogP contribution >= 0.6 is 34.8 Å². The topological polar surface area (TPSA) is 9.23 Å². The van der Waals surface area contributed by atoms with Gasteiger partial charge in [-0.25, -0.2) is 0 Å². The van der Waals surface area contributed by atoms with Gasteiger partial charge in [-0.1, -0.05) is 54.2 Å². The molecule has 0 radical (unpaired) electrons. The van der Waals surface area contributed by atoms with Crippen molar-refractivity contribution in [1.82, 2.24) is 0 Å². The van der Waals surface area contributed by atoms with Crippen LogP contribution in [0.25, 0.3) is 0 Å². The second kappa shape index (κ2) is 11.3. The maximum Gasteiger partial charge on any atom is 0.189 e. The van der Waals surface area contributed by atoms with Crippen LogP contribution in [0, 0.1) is 5.92 Å². The fourth-order valence-corrected chi connectivity index (χ4v) is 4.63. The average molecular weight is 452 g/mol. The first kappa shape index (κ1) is 22.5. The van der Waals surface area contributed by atoms with Crippen LogP contribution in [-0.2, 0) is 6.42 Å². The van der Waals surface area contributed by atoms with Crippen molar-refractivity contribution in [2.75, 3.05) is 0 Å². The molecule has 2 aromatic carbocycles. The second-order valence-electron chi connectivity index (χ2n) is 7.98. The van der Waals surface area contributed by atoms with Gasteiger partial charge in [-0.3, -0.25) is 0 Å². The molecule has 0 aliphatic heterocycles. The molecule has 1 fully saturated rings. The maximum atomic E-state index is 6.10.